The molecule has 1 N–H and O–H groups in total. The lowest BCUT2D eigenvalue weighted by molar-refractivity contribution is -0.136. The van der Waals surface area contributed by atoms with Gasteiger partial charge in [-0.2, -0.15) is 0 Å². The minimum atomic E-state index is -0.256. The van der Waals surface area contributed by atoms with Crippen molar-refractivity contribution >= 4 is 7.85 Å². The van der Waals surface area contributed by atoms with Crippen LogP contribution in [-0.2, 0) is 14.2 Å². The maximum Gasteiger partial charge on any atom is 0.142 e. The molecular weight excluding hydrogens is 169 g/mol. The van der Waals surface area contributed by atoms with Gasteiger partial charge in [-0.25, -0.2) is 0 Å². The molecule has 0 radical (unpaired) electrons. The van der Waals surface area contributed by atoms with Gasteiger partial charge in [-0.15, -0.1) is 0 Å². The first-order chi connectivity index (χ1) is 6.23. The molecule has 2 aliphatic heterocycles. The van der Waals surface area contributed by atoms with Gasteiger partial charge in [0.05, 0.1) is 31.4 Å². The van der Waals surface area contributed by atoms with Crippen molar-refractivity contribution in [3.05, 3.63) is 0 Å². The Morgan fingerprint density at radius 1 is 1.69 bits per heavy atom. The van der Waals surface area contributed by atoms with E-state index in [1.54, 1.807) is 7.11 Å². The summed E-state index contributed by atoms with van der Waals surface area (Å²) in [5, 5.41) is 3.25. The molecule has 0 aromatic carbocycles. The third-order valence-electron chi connectivity index (χ3n) is 3.00. The molecule has 2 fully saturated rings. The van der Waals surface area contributed by atoms with Gasteiger partial charge >= 0.3 is 0 Å². The average molecular weight is 185 g/mol. The second-order valence-electron chi connectivity index (χ2n) is 3.86. The Morgan fingerprint density at radius 2 is 2.46 bits per heavy atom. The Balaban J connectivity index is 2.17. The van der Waals surface area contributed by atoms with Gasteiger partial charge in [-0.3, -0.25) is 0 Å². The van der Waals surface area contributed by atoms with Crippen LogP contribution in [0.5, 0.6) is 0 Å². The molecule has 0 saturated carbocycles. The lowest BCUT2D eigenvalue weighted by Gasteiger charge is -2.29. The summed E-state index contributed by atoms with van der Waals surface area (Å²) in [7, 11) is 5.69. The van der Waals surface area contributed by atoms with Crippen molar-refractivity contribution in [2.75, 3.05) is 27.4 Å². The molecule has 0 aromatic heterocycles. The van der Waals surface area contributed by atoms with E-state index in [1.807, 2.05) is 14.9 Å². The van der Waals surface area contributed by atoms with Crippen LogP contribution in [0, 0.1) is 0 Å². The third-order valence-corrected chi connectivity index (χ3v) is 3.00. The Kier molecular flexibility index (Phi) is 2.36. The summed E-state index contributed by atoms with van der Waals surface area (Å²) in [6, 6.07) is 0.434. The molecule has 0 amide bonds. The molecule has 0 spiro atoms. The summed E-state index contributed by atoms with van der Waals surface area (Å²) in [6.45, 7) is 1.24. The van der Waals surface area contributed by atoms with Crippen molar-refractivity contribution in [2.45, 2.75) is 23.8 Å². The molecular formula is C8H16BNO3. The van der Waals surface area contributed by atoms with E-state index in [1.165, 1.54) is 0 Å². The van der Waals surface area contributed by atoms with Gasteiger partial charge in [0, 0.05) is 7.11 Å². The summed E-state index contributed by atoms with van der Waals surface area (Å²) in [6.07, 6.45) is 0.181. The number of fused-ring (bicyclic) bond motifs is 2. The van der Waals surface area contributed by atoms with Crippen molar-refractivity contribution < 1.29 is 14.2 Å². The Hall–Kier alpha value is -0.0951. The summed E-state index contributed by atoms with van der Waals surface area (Å²) in [5.74, 6) is 0. The molecule has 5 heteroatoms. The smallest absolute Gasteiger partial charge is 0.142 e. The van der Waals surface area contributed by atoms with E-state index < -0.39 is 0 Å². The van der Waals surface area contributed by atoms with Gasteiger partial charge in [0.15, 0.2) is 0 Å². The van der Waals surface area contributed by atoms with Crippen molar-refractivity contribution in [3.63, 3.8) is 0 Å². The molecule has 2 saturated heterocycles. The zero-order valence-electron chi connectivity index (χ0n) is 8.37. The molecule has 2 rings (SSSR count). The van der Waals surface area contributed by atoms with Crippen LogP contribution in [0.4, 0.5) is 0 Å². The minimum absolute atomic E-state index is 0.168. The highest BCUT2D eigenvalue weighted by Crippen LogP contribution is 2.38. The summed E-state index contributed by atoms with van der Waals surface area (Å²) in [5.41, 5.74) is -0.256. The van der Waals surface area contributed by atoms with Crippen LogP contribution in [0.3, 0.4) is 0 Å². The second kappa shape index (κ2) is 3.24. The zero-order valence-corrected chi connectivity index (χ0v) is 8.37. The van der Waals surface area contributed by atoms with Crippen molar-refractivity contribution in [1.82, 2.24) is 5.32 Å². The van der Waals surface area contributed by atoms with Crippen LogP contribution in [0.25, 0.3) is 0 Å². The van der Waals surface area contributed by atoms with Crippen molar-refractivity contribution in [3.8, 4) is 0 Å². The van der Waals surface area contributed by atoms with E-state index in [4.69, 9.17) is 14.2 Å². The highest BCUT2D eigenvalue weighted by molar-refractivity contribution is 6.11. The van der Waals surface area contributed by atoms with E-state index >= 15 is 0 Å². The van der Waals surface area contributed by atoms with Crippen molar-refractivity contribution in [1.29, 1.82) is 0 Å². The highest BCUT2D eigenvalue weighted by Gasteiger charge is 2.59. The predicted octanol–water partition coefficient (Wildman–Crippen LogP) is -1.65. The zero-order chi connectivity index (χ0) is 9.47. The SMILES string of the molecule is B[C@@H]1O[C@@]2(COC)CO[C@H]1C2NC. The number of ether oxygens (including phenoxy) is 3. The van der Waals surface area contributed by atoms with Gasteiger partial charge in [0.25, 0.3) is 0 Å². The van der Waals surface area contributed by atoms with Crippen LogP contribution >= 0.6 is 0 Å². The Labute approximate surface area is 79.3 Å². The number of nitrogens with one attached hydrogen (secondary N) is 1. The first-order valence-electron chi connectivity index (χ1n) is 4.69. The Morgan fingerprint density at radius 3 is 3.00 bits per heavy atom. The molecule has 74 valence electrons. The van der Waals surface area contributed by atoms with E-state index in [2.05, 4.69) is 5.32 Å². The molecule has 0 aromatic rings. The lowest BCUT2D eigenvalue weighted by atomic mass is 9.90. The fourth-order valence-electron chi connectivity index (χ4n) is 2.51. The molecule has 4 nitrogen and oxygen atoms in total. The maximum atomic E-state index is 5.88. The lowest BCUT2D eigenvalue weighted by Crippen LogP contribution is -2.50. The third kappa shape index (κ3) is 1.22. The first-order valence-corrected chi connectivity index (χ1v) is 4.69. The number of hydrogen-bond acceptors (Lipinski definition) is 4. The first kappa shape index (κ1) is 9.46. The molecule has 1 unspecified atom stereocenters. The van der Waals surface area contributed by atoms with Crippen LogP contribution in [0.15, 0.2) is 0 Å². The molecule has 2 aliphatic rings. The normalized spacial score (nSPS) is 48.6. The quantitative estimate of drug-likeness (QED) is 0.534. The summed E-state index contributed by atoms with van der Waals surface area (Å²) in [4.78, 5) is 0. The number of rotatable bonds is 3. The maximum absolute atomic E-state index is 5.88. The van der Waals surface area contributed by atoms with Crippen LogP contribution in [-0.4, -0.2) is 59.0 Å². The van der Waals surface area contributed by atoms with Gasteiger partial charge in [0.1, 0.15) is 13.4 Å². The van der Waals surface area contributed by atoms with Crippen LogP contribution in [0.1, 0.15) is 0 Å². The van der Waals surface area contributed by atoms with Crippen LogP contribution in [0.2, 0.25) is 0 Å². The number of methoxy groups -OCH3 is 1. The predicted molar refractivity (Wildman–Crippen MR) is 50.6 cm³/mol. The monoisotopic (exact) mass is 185 g/mol. The molecule has 0 aliphatic carbocycles. The highest BCUT2D eigenvalue weighted by atomic mass is 16.6. The van der Waals surface area contributed by atoms with E-state index in [-0.39, 0.29) is 23.8 Å². The van der Waals surface area contributed by atoms with Crippen molar-refractivity contribution in [2.24, 2.45) is 0 Å². The molecule has 2 bridgehead atoms. The standard InChI is InChI=1S/C8H16BNO3/c1-10-6-5-7(9)13-8(6,3-11-2)4-12-5/h5-7,10H,3-4,9H2,1-2H3/t5-,6?,7+,8-/m0/s1. The number of likely N-dealkylation sites (N-methyl/N-ethyl adjacent to an activating group) is 1. The average Bonchev–Trinajstić information content (AvgIpc) is 2.55. The molecule has 2 heterocycles. The van der Waals surface area contributed by atoms with Gasteiger partial charge in [-0.1, -0.05) is 0 Å². The van der Waals surface area contributed by atoms with E-state index in [9.17, 15) is 0 Å². The second-order valence-corrected chi connectivity index (χ2v) is 3.86. The summed E-state index contributed by atoms with van der Waals surface area (Å²) < 4.78 is 16.7. The number of hydrogen-bond donors (Lipinski definition) is 1. The molecule has 4 atom stereocenters. The van der Waals surface area contributed by atoms with E-state index in [0.29, 0.717) is 13.2 Å². The van der Waals surface area contributed by atoms with Gasteiger partial charge < -0.3 is 19.5 Å². The Bertz CT molecular complexity index is 204. The van der Waals surface area contributed by atoms with Crippen LogP contribution < -0.4 is 5.32 Å². The summed E-state index contributed by atoms with van der Waals surface area (Å²) >= 11 is 0. The molecule has 13 heavy (non-hydrogen) atoms. The fraction of sp³-hybridized carbons (Fsp3) is 1.00. The topological polar surface area (TPSA) is 39.7 Å². The minimum Gasteiger partial charge on any atom is -0.382 e. The van der Waals surface area contributed by atoms with Gasteiger partial charge in [0.2, 0.25) is 0 Å². The largest absolute Gasteiger partial charge is 0.382 e. The van der Waals surface area contributed by atoms with Gasteiger partial charge in [-0.05, 0) is 7.05 Å². The van der Waals surface area contributed by atoms with E-state index in [0.717, 1.165) is 0 Å². The fourth-order valence-corrected chi connectivity index (χ4v) is 2.51.